The first-order chi connectivity index (χ1) is 9.10. The third-order valence-corrected chi connectivity index (χ3v) is 3.03. The fourth-order valence-corrected chi connectivity index (χ4v) is 2.11. The molecule has 0 saturated carbocycles. The maximum atomic E-state index is 10.7. The first-order valence-corrected chi connectivity index (χ1v) is 6.07. The fourth-order valence-electron chi connectivity index (χ4n) is 2.11. The van der Waals surface area contributed by atoms with Crippen LogP contribution in [-0.4, -0.2) is 36.1 Å². The van der Waals surface area contributed by atoms with Crippen LogP contribution >= 0.6 is 0 Å². The number of amides is 1. The normalized spacial score (nSPS) is 21.0. The Morgan fingerprint density at radius 3 is 2.79 bits per heavy atom. The third-order valence-electron chi connectivity index (χ3n) is 3.03. The zero-order chi connectivity index (χ0) is 13.7. The van der Waals surface area contributed by atoms with Gasteiger partial charge in [-0.2, -0.15) is 0 Å². The van der Waals surface area contributed by atoms with Crippen LogP contribution in [0.3, 0.4) is 0 Å². The molecule has 5 heteroatoms. The summed E-state index contributed by atoms with van der Waals surface area (Å²) in [6.07, 6.45) is 2.49. The Bertz CT molecular complexity index is 460. The predicted molar refractivity (Wildman–Crippen MR) is 69.5 cm³/mol. The van der Waals surface area contributed by atoms with Crippen LogP contribution in [0, 0.1) is 0 Å². The maximum Gasteiger partial charge on any atom is 0.404 e. The van der Waals surface area contributed by atoms with Crippen molar-refractivity contribution >= 4 is 6.09 Å². The Hall–Kier alpha value is -1.85. The Labute approximate surface area is 111 Å². The van der Waals surface area contributed by atoms with Crippen molar-refractivity contribution in [2.75, 3.05) is 13.2 Å². The molecule has 0 fully saturated rings. The van der Waals surface area contributed by atoms with Crippen molar-refractivity contribution in [2.24, 2.45) is 5.73 Å². The number of carbonyl (C=O) groups excluding carboxylic acids is 1. The molecule has 1 aromatic carbocycles. The van der Waals surface area contributed by atoms with Crippen molar-refractivity contribution in [1.29, 1.82) is 0 Å². The Morgan fingerprint density at radius 2 is 2.21 bits per heavy atom. The first-order valence-electron chi connectivity index (χ1n) is 6.07. The summed E-state index contributed by atoms with van der Waals surface area (Å²) in [7, 11) is 0. The average molecular weight is 263 g/mol. The number of carbonyl (C=O) groups is 1. The van der Waals surface area contributed by atoms with Gasteiger partial charge in [0.25, 0.3) is 0 Å². The van der Waals surface area contributed by atoms with Crippen LogP contribution in [-0.2, 0) is 15.9 Å². The molecule has 102 valence electrons. The van der Waals surface area contributed by atoms with Crippen molar-refractivity contribution < 1.29 is 19.4 Å². The quantitative estimate of drug-likeness (QED) is 0.777. The lowest BCUT2D eigenvalue weighted by Crippen LogP contribution is -2.48. The molecule has 0 saturated heterocycles. The molecule has 0 aliphatic carbocycles. The monoisotopic (exact) mass is 263 g/mol. The smallest absolute Gasteiger partial charge is 0.404 e. The molecule has 1 amide bonds. The van der Waals surface area contributed by atoms with Crippen LogP contribution in [0.25, 0.3) is 0 Å². The minimum Gasteiger partial charge on any atom is -0.447 e. The number of benzene rings is 1. The molecule has 1 heterocycles. The highest BCUT2D eigenvalue weighted by Crippen LogP contribution is 2.24. The fraction of sp³-hybridized carbons (Fsp3) is 0.357. The maximum absolute atomic E-state index is 10.7. The molecule has 0 spiro atoms. The summed E-state index contributed by atoms with van der Waals surface area (Å²) in [6.45, 7) is 0.241. The van der Waals surface area contributed by atoms with Crippen LogP contribution in [0.2, 0.25) is 0 Å². The minimum absolute atomic E-state index is 0.202. The summed E-state index contributed by atoms with van der Waals surface area (Å²) in [6, 6.07) is 9.46. The minimum atomic E-state index is -1.32. The van der Waals surface area contributed by atoms with Gasteiger partial charge < -0.3 is 20.3 Å². The molecule has 2 rings (SSSR count). The van der Waals surface area contributed by atoms with E-state index >= 15 is 0 Å². The second-order valence-electron chi connectivity index (χ2n) is 4.56. The number of nitrogens with two attached hydrogens (primary N) is 1. The summed E-state index contributed by atoms with van der Waals surface area (Å²) in [5.74, 6) is 0. The van der Waals surface area contributed by atoms with E-state index < -0.39 is 17.8 Å². The highest BCUT2D eigenvalue weighted by molar-refractivity contribution is 5.64. The van der Waals surface area contributed by atoms with Gasteiger partial charge in [0.15, 0.2) is 0 Å². The van der Waals surface area contributed by atoms with E-state index in [1.54, 1.807) is 6.08 Å². The van der Waals surface area contributed by atoms with Gasteiger partial charge in [0.05, 0.1) is 6.61 Å². The molecule has 0 aromatic heterocycles. The second kappa shape index (κ2) is 5.86. The zero-order valence-corrected chi connectivity index (χ0v) is 10.5. The van der Waals surface area contributed by atoms with Crippen molar-refractivity contribution in [1.82, 2.24) is 0 Å². The largest absolute Gasteiger partial charge is 0.447 e. The standard InChI is InChI=1S/C14H17NO4/c15-13(16)19-10-14(17,12-7-4-8-18-12)9-11-5-2-1-3-6-11/h1-7,12,17H,8-10H2,(H2,15,16)/t12-,14-/m0/s1. The molecule has 3 N–H and O–H groups in total. The summed E-state index contributed by atoms with van der Waals surface area (Å²) in [4.78, 5) is 10.7. The highest BCUT2D eigenvalue weighted by Gasteiger charge is 2.39. The van der Waals surface area contributed by atoms with Gasteiger partial charge in [-0.1, -0.05) is 42.5 Å². The molecule has 2 atom stereocenters. The second-order valence-corrected chi connectivity index (χ2v) is 4.56. The number of rotatable bonds is 5. The molecular formula is C14H17NO4. The molecule has 19 heavy (non-hydrogen) atoms. The van der Waals surface area contributed by atoms with E-state index in [4.69, 9.17) is 15.2 Å². The number of aliphatic hydroxyl groups is 1. The molecule has 0 unspecified atom stereocenters. The Balaban J connectivity index is 2.13. The topological polar surface area (TPSA) is 81.8 Å². The average Bonchev–Trinajstić information content (AvgIpc) is 2.92. The van der Waals surface area contributed by atoms with Crippen molar-refractivity contribution in [3.63, 3.8) is 0 Å². The molecule has 1 aliphatic heterocycles. The van der Waals surface area contributed by atoms with E-state index in [2.05, 4.69) is 0 Å². The van der Waals surface area contributed by atoms with Gasteiger partial charge in [-0.25, -0.2) is 4.79 Å². The van der Waals surface area contributed by atoms with Crippen LogP contribution < -0.4 is 5.73 Å². The van der Waals surface area contributed by atoms with Crippen molar-refractivity contribution in [3.8, 4) is 0 Å². The number of ether oxygens (including phenoxy) is 2. The van der Waals surface area contributed by atoms with E-state index in [0.717, 1.165) is 5.56 Å². The van der Waals surface area contributed by atoms with Gasteiger partial charge in [-0.05, 0) is 5.56 Å². The number of hydrogen-bond donors (Lipinski definition) is 2. The SMILES string of the molecule is NC(=O)OC[C@@](O)(Cc1ccccc1)[C@@H]1C=CCO1. The number of primary amides is 1. The molecular weight excluding hydrogens is 246 g/mol. The molecule has 1 aliphatic rings. The van der Waals surface area contributed by atoms with Crippen LogP contribution in [0.1, 0.15) is 5.56 Å². The summed E-state index contributed by atoms with van der Waals surface area (Å²) >= 11 is 0. The predicted octanol–water partition coefficient (Wildman–Crippen LogP) is 1.01. The van der Waals surface area contributed by atoms with Crippen LogP contribution in [0.4, 0.5) is 4.79 Å². The lowest BCUT2D eigenvalue weighted by atomic mass is 9.89. The summed E-state index contributed by atoms with van der Waals surface area (Å²) in [5, 5.41) is 10.7. The van der Waals surface area contributed by atoms with E-state index in [-0.39, 0.29) is 6.61 Å². The Morgan fingerprint density at radius 1 is 1.47 bits per heavy atom. The summed E-state index contributed by atoms with van der Waals surface area (Å²) in [5.41, 5.74) is 4.58. The zero-order valence-electron chi connectivity index (χ0n) is 10.5. The van der Waals surface area contributed by atoms with Gasteiger partial charge >= 0.3 is 6.09 Å². The first kappa shape index (κ1) is 13.6. The van der Waals surface area contributed by atoms with E-state index in [1.165, 1.54) is 0 Å². The highest BCUT2D eigenvalue weighted by atomic mass is 16.6. The van der Waals surface area contributed by atoms with Crippen LogP contribution in [0.15, 0.2) is 42.5 Å². The number of hydrogen-bond acceptors (Lipinski definition) is 4. The summed E-state index contributed by atoms with van der Waals surface area (Å²) < 4.78 is 10.2. The lowest BCUT2D eigenvalue weighted by Gasteiger charge is -2.32. The van der Waals surface area contributed by atoms with Gasteiger partial charge in [0.1, 0.15) is 18.3 Å². The lowest BCUT2D eigenvalue weighted by molar-refractivity contribution is -0.101. The molecule has 0 radical (unpaired) electrons. The van der Waals surface area contributed by atoms with Gasteiger partial charge in [0.2, 0.25) is 0 Å². The van der Waals surface area contributed by atoms with Gasteiger partial charge in [0, 0.05) is 6.42 Å². The van der Waals surface area contributed by atoms with Crippen molar-refractivity contribution in [3.05, 3.63) is 48.0 Å². The van der Waals surface area contributed by atoms with E-state index in [1.807, 2.05) is 36.4 Å². The van der Waals surface area contributed by atoms with E-state index in [0.29, 0.717) is 13.0 Å². The Kier molecular flexibility index (Phi) is 4.19. The molecule has 5 nitrogen and oxygen atoms in total. The van der Waals surface area contributed by atoms with Gasteiger partial charge in [-0.15, -0.1) is 0 Å². The third kappa shape index (κ3) is 3.56. The molecule has 1 aromatic rings. The van der Waals surface area contributed by atoms with E-state index in [9.17, 15) is 9.90 Å². The molecule has 0 bridgehead atoms. The van der Waals surface area contributed by atoms with Crippen LogP contribution in [0.5, 0.6) is 0 Å². The van der Waals surface area contributed by atoms with Gasteiger partial charge in [-0.3, -0.25) is 0 Å². The van der Waals surface area contributed by atoms with Crippen molar-refractivity contribution in [2.45, 2.75) is 18.1 Å².